The summed E-state index contributed by atoms with van der Waals surface area (Å²) >= 11 is 0. The third-order valence-corrected chi connectivity index (χ3v) is 4.51. The minimum atomic E-state index is -3.34. The maximum Gasteiger partial charge on any atom is 0.234 e. The standard InChI is InChI=1S/C12H18N2O3S/c1-10(15)11-4-6-12(7-5-11)14(2)18(16,17)9-3-8-13/h4-7H,3,8-9,13H2,1-2H3. The smallest absolute Gasteiger partial charge is 0.234 e. The molecule has 0 spiro atoms. The van der Waals surface area contributed by atoms with Crippen molar-refractivity contribution in [3.63, 3.8) is 0 Å². The lowest BCUT2D eigenvalue weighted by Gasteiger charge is -2.19. The van der Waals surface area contributed by atoms with Gasteiger partial charge >= 0.3 is 0 Å². The van der Waals surface area contributed by atoms with Crippen molar-refractivity contribution < 1.29 is 13.2 Å². The number of sulfonamides is 1. The topological polar surface area (TPSA) is 80.5 Å². The first kappa shape index (κ1) is 14.7. The molecule has 100 valence electrons. The first-order valence-electron chi connectivity index (χ1n) is 5.66. The minimum Gasteiger partial charge on any atom is -0.330 e. The van der Waals surface area contributed by atoms with Crippen LogP contribution in [0.1, 0.15) is 23.7 Å². The molecular weight excluding hydrogens is 252 g/mol. The number of nitrogens with two attached hydrogens (primary N) is 1. The van der Waals surface area contributed by atoms with E-state index in [0.29, 0.717) is 24.2 Å². The molecule has 6 heteroatoms. The number of benzene rings is 1. The van der Waals surface area contributed by atoms with Crippen molar-refractivity contribution in [3.8, 4) is 0 Å². The molecule has 0 atom stereocenters. The molecule has 0 fully saturated rings. The predicted molar refractivity (Wildman–Crippen MR) is 72.3 cm³/mol. The lowest BCUT2D eigenvalue weighted by molar-refractivity contribution is 0.101. The van der Waals surface area contributed by atoms with E-state index in [1.165, 1.54) is 18.3 Å². The lowest BCUT2D eigenvalue weighted by atomic mass is 10.1. The Morgan fingerprint density at radius 3 is 2.28 bits per heavy atom. The molecule has 0 aliphatic rings. The SMILES string of the molecule is CC(=O)c1ccc(N(C)S(=O)(=O)CCCN)cc1. The molecule has 1 aromatic rings. The van der Waals surface area contributed by atoms with Crippen LogP contribution in [0.15, 0.2) is 24.3 Å². The van der Waals surface area contributed by atoms with E-state index in [1.807, 2.05) is 0 Å². The zero-order valence-electron chi connectivity index (χ0n) is 10.6. The van der Waals surface area contributed by atoms with Crippen LogP contribution in [0.3, 0.4) is 0 Å². The molecule has 1 aromatic carbocycles. The van der Waals surface area contributed by atoms with Crippen LogP contribution in [0.5, 0.6) is 0 Å². The predicted octanol–water partition coefficient (Wildman–Crippen LogP) is 1.00. The largest absolute Gasteiger partial charge is 0.330 e. The second-order valence-corrected chi connectivity index (χ2v) is 6.15. The zero-order valence-corrected chi connectivity index (χ0v) is 11.4. The maximum absolute atomic E-state index is 11.9. The molecule has 0 radical (unpaired) electrons. The van der Waals surface area contributed by atoms with Gasteiger partial charge in [-0.3, -0.25) is 9.10 Å². The van der Waals surface area contributed by atoms with Gasteiger partial charge in [-0.15, -0.1) is 0 Å². The van der Waals surface area contributed by atoms with Crippen molar-refractivity contribution in [1.82, 2.24) is 0 Å². The van der Waals surface area contributed by atoms with Crippen LogP contribution in [0.4, 0.5) is 5.69 Å². The summed E-state index contributed by atoms with van der Waals surface area (Å²) in [5.41, 5.74) is 6.41. The van der Waals surface area contributed by atoms with E-state index in [-0.39, 0.29) is 11.5 Å². The molecule has 5 nitrogen and oxygen atoms in total. The molecule has 0 saturated heterocycles. The van der Waals surface area contributed by atoms with E-state index in [1.54, 1.807) is 24.3 Å². The van der Waals surface area contributed by atoms with Crippen LogP contribution < -0.4 is 10.0 Å². The number of Topliss-reactive ketones (excluding diaryl/α,β-unsaturated/α-hetero) is 1. The minimum absolute atomic E-state index is 0.0223. The molecule has 0 amide bonds. The molecule has 0 aliphatic carbocycles. The van der Waals surface area contributed by atoms with Gasteiger partial charge in [0.25, 0.3) is 0 Å². The van der Waals surface area contributed by atoms with Crippen molar-refractivity contribution in [2.75, 3.05) is 23.7 Å². The van der Waals surface area contributed by atoms with E-state index in [9.17, 15) is 13.2 Å². The Labute approximate surface area is 108 Å². The molecule has 0 aromatic heterocycles. The van der Waals surface area contributed by atoms with E-state index in [0.717, 1.165) is 0 Å². The first-order valence-corrected chi connectivity index (χ1v) is 7.27. The fourth-order valence-corrected chi connectivity index (χ4v) is 2.72. The molecule has 0 heterocycles. The summed E-state index contributed by atoms with van der Waals surface area (Å²) in [4.78, 5) is 11.1. The van der Waals surface area contributed by atoms with Gasteiger partial charge in [0.05, 0.1) is 11.4 Å². The van der Waals surface area contributed by atoms with Crippen molar-refractivity contribution in [2.24, 2.45) is 5.73 Å². The molecule has 18 heavy (non-hydrogen) atoms. The Balaban J connectivity index is 2.90. The van der Waals surface area contributed by atoms with Gasteiger partial charge in [0.1, 0.15) is 0 Å². The maximum atomic E-state index is 11.9. The second-order valence-electron chi connectivity index (χ2n) is 4.03. The summed E-state index contributed by atoms with van der Waals surface area (Å²) in [6.45, 7) is 1.81. The van der Waals surface area contributed by atoms with Crippen LogP contribution in [-0.4, -0.2) is 33.5 Å². The van der Waals surface area contributed by atoms with E-state index in [4.69, 9.17) is 5.73 Å². The van der Waals surface area contributed by atoms with Crippen LogP contribution in [0.2, 0.25) is 0 Å². The number of carbonyl (C=O) groups excluding carboxylic acids is 1. The third-order valence-electron chi connectivity index (χ3n) is 2.66. The van der Waals surface area contributed by atoms with Gasteiger partial charge in [0, 0.05) is 12.6 Å². The summed E-state index contributed by atoms with van der Waals surface area (Å²) in [6.07, 6.45) is 0.429. The average molecular weight is 270 g/mol. The number of carbonyl (C=O) groups is 1. The number of nitrogens with zero attached hydrogens (tertiary/aromatic N) is 1. The number of hydrogen-bond acceptors (Lipinski definition) is 4. The van der Waals surface area contributed by atoms with Crippen LogP contribution in [0.25, 0.3) is 0 Å². The highest BCUT2D eigenvalue weighted by Crippen LogP contribution is 2.17. The molecule has 0 bridgehead atoms. The fraction of sp³-hybridized carbons (Fsp3) is 0.417. The summed E-state index contributed by atoms with van der Waals surface area (Å²) in [6, 6.07) is 6.48. The van der Waals surface area contributed by atoms with Gasteiger partial charge in [-0.1, -0.05) is 0 Å². The zero-order chi connectivity index (χ0) is 13.8. The summed E-state index contributed by atoms with van der Waals surface area (Å²) < 4.78 is 25.0. The Kier molecular flexibility index (Phi) is 4.86. The Morgan fingerprint density at radius 1 is 1.28 bits per heavy atom. The Bertz CT molecular complexity index is 509. The number of rotatable bonds is 6. The second kappa shape index (κ2) is 5.97. The van der Waals surface area contributed by atoms with Crippen molar-refractivity contribution in [1.29, 1.82) is 0 Å². The summed E-state index contributed by atoms with van der Waals surface area (Å²) in [5.74, 6) is -0.0238. The molecule has 0 saturated carbocycles. The highest BCUT2D eigenvalue weighted by atomic mass is 32.2. The Morgan fingerprint density at radius 2 is 1.83 bits per heavy atom. The molecular formula is C12H18N2O3S. The van der Waals surface area contributed by atoms with Gasteiger partial charge in [-0.05, 0) is 44.2 Å². The number of anilines is 1. The van der Waals surface area contributed by atoms with E-state index >= 15 is 0 Å². The van der Waals surface area contributed by atoms with Gasteiger partial charge in [0.15, 0.2) is 5.78 Å². The van der Waals surface area contributed by atoms with Gasteiger partial charge < -0.3 is 5.73 Å². The Hall–Kier alpha value is -1.40. The quantitative estimate of drug-likeness (QED) is 0.782. The third kappa shape index (κ3) is 3.54. The first-order chi connectivity index (χ1) is 8.38. The number of hydrogen-bond donors (Lipinski definition) is 1. The monoisotopic (exact) mass is 270 g/mol. The summed E-state index contributed by atoms with van der Waals surface area (Å²) in [7, 11) is -1.85. The average Bonchev–Trinajstić information content (AvgIpc) is 2.35. The highest BCUT2D eigenvalue weighted by molar-refractivity contribution is 7.92. The highest BCUT2D eigenvalue weighted by Gasteiger charge is 2.17. The van der Waals surface area contributed by atoms with Crippen molar-refractivity contribution in [2.45, 2.75) is 13.3 Å². The van der Waals surface area contributed by atoms with Crippen molar-refractivity contribution in [3.05, 3.63) is 29.8 Å². The van der Waals surface area contributed by atoms with Crippen LogP contribution in [-0.2, 0) is 10.0 Å². The van der Waals surface area contributed by atoms with E-state index < -0.39 is 10.0 Å². The lowest BCUT2D eigenvalue weighted by Crippen LogP contribution is -2.29. The van der Waals surface area contributed by atoms with Gasteiger partial charge in [-0.25, -0.2) is 8.42 Å². The van der Waals surface area contributed by atoms with Crippen molar-refractivity contribution >= 4 is 21.5 Å². The molecule has 1 rings (SSSR count). The van der Waals surface area contributed by atoms with Crippen LogP contribution >= 0.6 is 0 Å². The van der Waals surface area contributed by atoms with Crippen LogP contribution in [0, 0.1) is 0 Å². The number of ketones is 1. The molecule has 0 unspecified atom stereocenters. The normalized spacial score (nSPS) is 11.3. The van der Waals surface area contributed by atoms with Gasteiger partial charge in [-0.2, -0.15) is 0 Å². The fourth-order valence-electron chi connectivity index (χ4n) is 1.47. The molecule has 2 N–H and O–H groups in total. The van der Waals surface area contributed by atoms with Gasteiger partial charge in [0.2, 0.25) is 10.0 Å². The molecule has 0 aliphatic heterocycles. The van der Waals surface area contributed by atoms with E-state index in [2.05, 4.69) is 0 Å². The summed E-state index contributed by atoms with van der Waals surface area (Å²) in [5, 5.41) is 0.